The second kappa shape index (κ2) is 8.93. The molecular weight excluding hydrogens is 417 g/mol. The van der Waals surface area contributed by atoms with Crippen LogP contribution in [0, 0.1) is 5.82 Å². The monoisotopic (exact) mass is 439 g/mol. The third kappa shape index (κ3) is 4.34. The van der Waals surface area contributed by atoms with Crippen LogP contribution in [0.25, 0.3) is 6.08 Å². The molecule has 2 heterocycles. The van der Waals surface area contributed by atoms with Crippen molar-refractivity contribution in [2.75, 3.05) is 24.5 Å². The average Bonchev–Trinajstić information content (AvgIpc) is 3.31. The second-order valence-corrected chi connectivity index (χ2v) is 8.39. The number of anilines is 1. The Hall–Kier alpha value is -3.13. The number of fused-ring (bicyclic) bond motifs is 1. The van der Waals surface area contributed by atoms with E-state index in [9.17, 15) is 18.8 Å². The van der Waals surface area contributed by atoms with Crippen LogP contribution in [0.15, 0.2) is 53.4 Å². The number of benzene rings is 2. The molecular formula is C23H22FN3O3S. The van der Waals surface area contributed by atoms with Crippen LogP contribution in [-0.2, 0) is 16.0 Å². The number of thioether (sulfide) groups is 1. The molecule has 4 rings (SSSR count). The van der Waals surface area contributed by atoms with Gasteiger partial charge in [-0.2, -0.15) is 0 Å². The number of imide groups is 1. The van der Waals surface area contributed by atoms with E-state index in [0.717, 1.165) is 35.3 Å². The number of carbonyl (C=O) groups is 3. The van der Waals surface area contributed by atoms with Crippen LogP contribution in [0.2, 0.25) is 0 Å². The van der Waals surface area contributed by atoms with Gasteiger partial charge in [0, 0.05) is 30.9 Å². The minimum Gasteiger partial charge on any atom is -0.359 e. The number of hydrogen-bond donors (Lipinski definition) is 1. The van der Waals surface area contributed by atoms with Crippen LogP contribution in [0.5, 0.6) is 0 Å². The highest BCUT2D eigenvalue weighted by Crippen LogP contribution is 2.32. The summed E-state index contributed by atoms with van der Waals surface area (Å²) in [6, 6.07) is 13.7. The number of rotatable bonds is 6. The fourth-order valence-electron chi connectivity index (χ4n) is 3.77. The lowest BCUT2D eigenvalue weighted by Crippen LogP contribution is -2.46. The predicted molar refractivity (Wildman–Crippen MR) is 119 cm³/mol. The van der Waals surface area contributed by atoms with E-state index in [0.29, 0.717) is 0 Å². The van der Waals surface area contributed by atoms with Gasteiger partial charge in [-0.3, -0.25) is 19.3 Å². The lowest BCUT2D eigenvalue weighted by molar-refractivity contribution is -0.124. The molecule has 3 amide bonds. The maximum Gasteiger partial charge on any atom is 0.293 e. The summed E-state index contributed by atoms with van der Waals surface area (Å²) in [7, 11) is 0. The van der Waals surface area contributed by atoms with E-state index in [2.05, 4.69) is 16.3 Å². The van der Waals surface area contributed by atoms with E-state index in [4.69, 9.17) is 0 Å². The normalized spacial score (nSPS) is 17.9. The van der Waals surface area contributed by atoms with Gasteiger partial charge in [0.1, 0.15) is 11.9 Å². The Morgan fingerprint density at radius 1 is 1.19 bits per heavy atom. The fraction of sp³-hybridized carbons (Fsp3) is 0.261. The van der Waals surface area contributed by atoms with Crippen molar-refractivity contribution in [1.29, 1.82) is 0 Å². The van der Waals surface area contributed by atoms with Crippen molar-refractivity contribution in [2.45, 2.75) is 19.4 Å². The smallest absolute Gasteiger partial charge is 0.293 e. The van der Waals surface area contributed by atoms with Gasteiger partial charge < -0.3 is 10.2 Å². The molecule has 2 aromatic carbocycles. The van der Waals surface area contributed by atoms with Gasteiger partial charge in [-0.05, 0) is 48.9 Å². The molecule has 0 radical (unpaired) electrons. The molecule has 0 spiro atoms. The molecule has 1 N–H and O–H groups in total. The Morgan fingerprint density at radius 3 is 2.74 bits per heavy atom. The average molecular weight is 440 g/mol. The fourth-order valence-corrected chi connectivity index (χ4v) is 4.63. The first-order valence-electron chi connectivity index (χ1n) is 10.1. The summed E-state index contributed by atoms with van der Waals surface area (Å²) in [5, 5.41) is 2.39. The Balaban J connectivity index is 1.33. The van der Waals surface area contributed by atoms with E-state index in [-0.39, 0.29) is 35.5 Å². The standard InChI is InChI=1S/C23H22FN3O3S/c1-15(26-12-10-16-6-3-5-9-19(16)26)21(28)25-11-13-27-22(29)20(31-23(27)30)14-17-7-2-4-8-18(17)24/h2-9,14-15H,10-13H2,1H3,(H,25,28)/b20-14+/t15-/m1/s1. The number of nitrogens with one attached hydrogen (secondary N) is 1. The van der Waals surface area contributed by atoms with Crippen molar-refractivity contribution in [3.63, 3.8) is 0 Å². The third-order valence-electron chi connectivity index (χ3n) is 5.47. The predicted octanol–water partition coefficient (Wildman–Crippen LogP) is 3.43. The quantitative estimate of drug-likeness (QED) is 0.699. The lowest BCUT2D eigenvalue weighted by Gasteiger charge is -2.26. The van der Waals surface area contributed by atoms with Crippen LogP contribution in [0.1, 0.15) is 18.1 Å². The van der Waals surface area contributed by atoms with Gasteiger partial charge >= 0.3 is 0 Å². The largest absolute Gasteiger partial charge is 0.359 e. The molecule has 0 unspecified atom stereocenters. The maximum atomic E-state index is 13.8. The number of hydrogen-bond acceptors (Lipinski definition) is 5. The molecule has 0 saturated carbocycles. The molecule has 2 aliphatic rings. The van der Waals surface area contributed by atoms with Gasteiger partial charge in [-0.1, -0.05) is 36.4 Å². The van der Waals surface area contributed by atoms with E-state index in [1.165, 1.54) is 17.7 Å². The lowest BCUT2D eigenvalue weighted by atomic mass is 10.1. The summed E-state index contributed by atoms with van der Waals surface area (Å²) in [6.45, 7) is 2.84. The molecule has 1 fully saturated rings. The summed E-state index contributed by atoms with van der Waals surface area (Å²) < 4.78 is 13.8. The molecule has 2 aromatic rings. The van der Waals surface area contributed by atoms with Crippen molar-refractivity contribution < 1.29 is 18.8 Å². The first-order valence-corrected chi connectivity index (χ1v) is 10.9. The number of carbonyl (C=O) groups excluding carboxylic acids is 3. The zero-order valence-corrected chi connectivity index (χ0v) is 17.8. The molecule has 0 bridgehead atoms. The first kappa shape index (κ1) is 21.1. The second-order valence-electron chi connectivity index (χ2n) is 7.39. The molecule has 8 heteroatoms. The highest BCUT2D eigenvalue weighted by molar-refractivity contribution is 8.18. The first-order chi connectivity index (χ1) is 15.0. The van der Waals surface area contributed by atoms with Gasteiger partial charge in [0.2, 0.25) is 5.91 Å². The molecule has 0 aliphatic carbocycles. The van der Waals surface area contributed by atoms with Crippen LogP contribution in [0.4, 0.5) is 14.9 Å². The topological polar surface area (TPSA) is 69.7 Å². The van der Waals surface area contributed by atoms with Crippen molar-refractivity contribution >= 4 is 40.6 Å². The van der Waals surface area contributed by atoms with Crippen molar-refractivity contribution in [2.24, 2.45) is 0 Å². The van der Waals surface area contributed by atoms with E-state index < -0.39 is 17.0 Å². The highest BCUT2D eigenvalue weighted by atomic mass is 32.2. The summed E-state index contributed by atoms with van der Waals surface area (Å²) in [6.07, 6.45) is 2.28. The van der Waals surface area contributed by atoms with Crippen molar-refractivity contribution in [3.8, 4) is 0 Å². The summed E-state index contributed by atoms with van der Waals surface area (Å²) in [4.78, 5) is 40.7. The summed E-state index contributed by atoms with van der Waals surface area (Å²) in [5.41, 5.74) is 2.54. The van der Waals surface area contributed by atoms with Crippen LogP contribution in [0.3, 0.4) is 0 Å². The minimum atomic E-state index is -0.478. The van der Waals surface area contributed by atoms with Crippen LogP contribution < -0.4 is 10.2 Å². The molecule has 6 nitrogen and oxygen atoms in total. The van der Waals surface area contributed by atoms with Gasteiger partial charge in [-0.25, -0.2) is 4.39 Å². The minimum absolute atomic E-state index is 0.0638. The molecule has 2 aliphatic heterocycles. The Bertz CT molecular complexity index is 1070. The third-order valence-corrected chi connectivity index (χ3v) is 6.38. The SMILES string of the molecule is C[C@H](C(=O)NCCN1C(=O)S/C(=C/c2ccccc2F)C1=O)N1CCc2ccccc21. The van der Waals surface area contributed by atoms with Gasteiger partial charge in [0.25, 0.3) is 11.1 Å². The number of para-hydroxylation sites is 1. The number of halogens is 1. The highest BCUT2D eigenvalue weighted by Gasteiger charge is 2.35. The summed E-state index contributed by atoms with van der Waals surface area (Å²) >= 11 is 0.774. The van der Waals surface area contributed by atoms with Crippen LogP contribution in [-0.4, -0.2) is 47.6 Å². The Kier molecular flexibility index (Phi) is 6.08. The van der Waals surface area contributed by atoms with Crippen molar-refractivity contribution in [3.05, 3.63) is 70.4 Å². The van der Waals surface area contributed by atoms with Crippen LogP contribution >= 0.6 is 11.8 Å². The summed E-state index contributed by atoms with van der Waals surface area (Å²) in [5.74, 6) is -1.10. The molecule has 31 heavy (non-hydrogen) atoms. The van der Waals surface area contributed by atoms with E-state index in [1.54, 1.807) is 18.2 Å². The maximum absolute atomic E-state index is 13.8. The molecule has 0 aromatic heterocycles. The number of nitrogens with zero attached hydrogens (tertiary/aromatic N) is 2. The Morgan fingerprint density at radius 2 is 1.94 bits per heavy atom. The van der Waals surface area contributed by atoms with Gasteiger partial charge in [-0.15, -0.1) is 0 Å². The molecule has 160 valence electrons. The zero-order chi connectivity index (χ0) is 22.0. The number of amides is 3. The van der Waals surface area contributed by atoms with Crippen molar-refractivity contribution in [1.82, 2.24) is 10.2 Å². The molecule has 1 saturated heterocycles. The van der Waals surface area contributed by atoms with E-state index >= 15 is 0 Å². The van der Waals surface area contributed by atoms with Gasteiger partial charge in [0.15, 0.2) is 0 Å². The molecule has 1 atom stereocenters. The Labute approximate surface area is 184 Å². The van der Waals surface area contributed by atoms with Gasteiger partial charge in [0.05, 0.1) is 4.91 Å². The zero-order valence-electron chi connectivity index (χ0n) is 17.0. The van der Waals surface area contributed by atoms with E-state index in [1.807, 2.05) is 25.1 Å².